The zero-order valence-corrected chi connectivity index (χ0v) is 20.6. The molecule has 11 heteroatoms. The molecule has 0 fully saturated rings. The number of alkyl carbamates (subject to hydrolysis) is 1. The lowest BCUT2D eigenvalue weighted by Crippen LogP contribution is -2.43. The van der Waals surface area contributed by atoms with Gasteiger partial charge in [0.1, 0.15) is 17.0 Å². The van der Waals surface area contributed by atoms with Crippen LogP contribution in [-0.4, -0.2) is 44.9 Å². The number of carbonyl (C=O) groups is 2. The van der Waals surface area contributed by atoms with Crippen molar-refractivity contribution in [2.75, 3.05) is 11.9 Å². The zero-order valence-electron chi connectivity index (χ0n) is 20.6. The summed E-state index contributed by atoms with van der Waals surface area (Å²) in [7, 11) is 0. The molecule has 0 radical (unpaired) electrons. The molecule has 2 amide bonds. The Hall–Kier alpha value is -3.47. The van der Waals surface area contributed by atoms with E-state index in [4.69, 9.17) is 9.47 Å². The number of amidine groups is 1. The number of benzene rings is 1. The lowest BCUT2D eigenvalue weighted by atomic mass is 9.90. The van der Waals surface area contributed by atoms with E-state index in [9.17, 15) is 14.7 Å². The zero-order chi connectivity index (χ0) is 25.8. The second-order valence-corrected chi connectivity index (χ2v) is 9.49. The molecule has 1 unspecified atom stereocenters. The Kier molecular flexibility index (Phi) is 7.79. The van der Waals surface area contributed by atoms with Crippen LogP contribution >= 0.6 is 0 Å². The number of hydrogen-bond donors (Lipinski definition) is 3. The Balaban J connectivity index is 1.96. The number of rotatable bonds is 6. The van der Waals surface area contributed by atoms with Crippen LogP contribution in [0.5, 0.6) is 0 Å². The van der Waals surface area contributed by atoms with Crippen LogP contribution in [0.4, 0.5) is 19.7 Å². The fourth-order valence-corrected chi connectivity index (χ4v) is 3.65. The summed E-state index contributed by atoms with van der Waals surface area (Å²) in [4.78, 5) is 33.5. The maximum absolute atomic E-state index is 15.1. The monoisotopic (exact) mass is 489 g/mol. The highest BCUT2D eigenvalue weighted by molar-refractivity contribution is 6.05. The number of anilines is 1. The van der Waals surface area contributed by atoms with Gasteiger partial charge >= 0.3 is 12.2 Å². The molecule has 3 rings (SSSR count). The van der Waals surface area contributed by atoms with Crippen LogP contribution in [0.15, 0.2) is 29.4 Å². The quantitative estimate of drug-likeness (QED) is 0.525. The summed E-state index contributed by atoms with van der Waals surface area (Å²) in [5, 5.41) is 15.0. The molecule has 10 nitrogen and oxygen atoms in total. The SMILES string of the molecule is CCCCOC(=O)NC1=NC(C)(c2cc(NC(=O)OC(C)(C)C)ccc2F)Cn2c(CO)cnc21. The molecule has 0 saturated heterocycles. The fraction of sp³-hybridized carbons (Fsp3) is 0.500. The Labute approximate surface area is 203 Å². The molecule has 1 aliphatic heterocycles. The van der Waals surface area contributed by atoms with Crippen molar-refractivity contribution in [2.45, 2.75) is 71.8 Å². The van der Waals surface area contributed by atoms with Crippen molar-refractivity contribution in [2.24, 2.45) is 4.99 Å². The van der Waals surface area contributed by atoms with Crippen LogP contribution in [0.2, 0.25) is 0 Å². The topological polar surface area (TPSA) is 127 Å². The van der Waals surface area contributed by atoms with Crippen LogP contribution < -0.4 is 10.6 Å². The summed E-state index contributed by atoms with van der Waals surface area (Å²) in [6.45, 7) is 8.97. The first-order valence-corrected chi connectivity index (χ1v) is 11.4. The van der Waals surface area contributed by atoms with Crippen LogP contribution in [-0.2, 0) is 28.2 Å². The summed E-state index contributed by atoms with van der Waals surface area (Å²) in [6, 6.07) is 4.12. The van der Waals surface area contributed by atoms with Gasteiger partial charge in [-0.1, -0.05) is 13.3 Å². The number of unbranched alkanes of at least 4 members (excludes halogenated alkanes) is 1. The van der Waals surface area contributed by atoms with Crippen LogP contribution in [0.3, 0.4) is 0 Å². The number of imidazole rings is 1. The van der Waals surface area contributed by atoms with Gasteiger partial charge in [-0.15, -0.1) is 0 Å². The number of fused-ring (bicyclic) bond motifs is 1. The second-order valence-electron chi connectivity index (χ2n) is 9.49. The minimum Gasteiger partial charge on any atom is -0.449 e. The van der Waals surface area contributed by atoms with E-state index in [-0.39, 0.29) is 31.2 Å². The number of aromatic nitrogens is 2. The van der Waals surface area contributed by atoms with E-state index in [2.05, 4.69) is 20.6 Å². The predicted octanol–water partition coefficient (Wildman–Crippen LogP) is 4.06. The predicted molar refractivity (Wildman–Crippen MR) is 128 cm³/mol. The first-order chi connectivity index (χ1) is 16.5. The van der Waals surface area contributed by atoms with E-state index in [1.807, 2.05) is 6.92 Å². The van der Waals surface area contributed by atoms with Gasteiger partial charge in [0.05, 0.1) is 31.6 Å². The van der Waals surface area contributed by atoms with Gasteiger partial charge in [-0.2, -0.15) is 0 Å². The average molecular weight is 490 g/mol. The highest BCUT2D eigenvalue weighted by atomic mass is 19.1. The van der Waals surface area contributed by atoms with Crippen molar-refractivity contribution in [3.8, 4) is 0 Å². The largest absolute Gasteiger partial charge is 0.449 e. The van der Waals surface area contributed by atoms with Crippen molar-refractivity contribution in [1.82, 2.24) is 14.9 Å². The molecule has 35 heavy (non-hydrogen) atoms. The molecule has 1 aromatic heterocycles. The van der Waals surface area contributed by atoms with Gasteiger partial charge < -0.3 is 19.1 Å². The fourth-order valence-electron chi connectivity index (χ4n) is 3.65. The van der Waals surface area contributed by atoms with Gasteiger partial charge in [0.2, 0.25) is 0 Å². The number of aliphatic hydroxyl groups excluding tert-OH is 1. The number of nitrogens with one attached hydrogen (secondary N) is 2. The van der Waals surface area contributed by atoms with Gasteiger partial charge in [0.15, 0.2) is 11.7 Å². The Morgan fingerprint density at radius 2 is 2.00 bits per heavy atom. The van der Waals surface area contributed by atoms with E-state index in [1.165, 1.54) is 24.4 Å². The van der Waals surface area contributed by atoms with E-state index in [1.54, 1.807) is 32.3 Å². The number of carbonyl (C=O) groups excluding carboxylic acids is 2. The summed E-state index contributed by atoms with van der Waals surface area (Å²) in [6.07, 6.45) is 1.66. The van der Waals surface area contributed by atoms with Crippen LogP contribution in [0.25, 0.3) is 0 Å². The van der Waals surface area contributed by atoms with Gasteiger partial charge in [-0.25, -0.2) is 19.0 Å². The minimum atomic E-state index is -1.21. The van der Waals surface area contributed by atoms with E-state index in [0.717, 1.165) is 6.42 Å². The molecule has 1 atom stereocenters. The third kappa shape index (κ3) is 6.36. The number of aliphatic imine (C=N–C) groups is 1. The molecular weight excluding hydrogens is 457 g/mol. The van der Waals surface area contributed by atoms with Gasteiger partial charge in [0, 0.05) is 11.3 Å². The maximum atomic E-state index is 15.1. The molecule has 3 N–H and O–H groups in total. The van der Waals surface area contributed by atoms with E-state index < -0.39 is 29.1 Å². The number of amides is 2. The van der Waals surface area contributed by atoms with E-state index in [0.29, 0.717) is 23.6 Å². The molecule has 1 aromatic carbocycles. The van der Waals surface area contributed by atoms with Crippen molar-refractivity contribution in [3.63, 3.8) is 0 Å². The third-order valence-corrected chi connectivity index (χ3v) is 5.28. The number of ether oxygens (including phenoxy) is 2. The van der Waals surface area contributed by atoms with E-state index >= 15 is 4.39 Å². The smallest absolute Gasteiger partial charge is 0.412 e. The van der Waals surface area contributed by atoms with Crippen LogP contribution in [0.1, 0.15) is 64.5 Å². The average Bonchev–Trinajstić information content (AvgIpc) is 3.16. The summed E-state index contributed by atoms with van der Waals surface area (Å²) in [5.74, 6) is -0.141. The molecule has 0 aliphatic carbocycles. The molecular formula is C24H32FN5O5. The van der Waals surface area contributed by atoms with Gasteiger partial charge in [0.25, 0.3) is 0 Å². The highest BCUT2D eigenvalue weighted by Crippen LogP contribution is 2.35. The first-order valence-electron chi connectivity index (χ1n) is 11.4. The molecule has 0 saturated carbocycles. The van der Waals surface area contributed by atoms with Crippen molar-refractivity contribution >= 4 is 23.7 Å². The standard InChI is InChI=1S/C24H32FN5O5/c1-6-7-10-34-21(32)28-19-20-26-12-16(13-31)30(20)14-24(5,29-19)17-11-15(8-9-18(17)25)27-22(33)35-23(2,3)4/h8-9,11-12,31H,6-7,10,13-14H2,1-5H3,(H,27,33)(H,28,29,32). The number of halogens is 1. The Morgan fingerprint density at radius 3 is 2.66 bits per heavy atom. The van der Waals surface area contributed by atoms with Crippen molar-refractivity contribution < 1.29 is 28.6 Å². The highest BCUT2D eigenvalue weighted by Gasteiger charge is 2.37. The third-order valence-electron chi connectivity index (χ3n) is 5.28. The first kappa shape index (κ1) is 26.1. The lowest BCUT2D eigenvalue weighted by Gasteiger charge is -2.33. The number of nitrogens with zero attached hydrogens (tertiary/aromatic N) is 3. The molecule has 0 spiro atoms. The Morgan fingerprint density at radius 1 is 1.26 bits per heavy atom. The Bertz CT molecular complexity index is 1120. The van der Waals surface area contributed by atoms with Crippen molar-refractivity contribution in [3.05, 3.63) is 47.3 Å². The summed E-state index contributed by atoms with van der Waals surface area (Å²) >= 11 is 0. The number of hydrogen-bond acceptors (Lipinski definition) is 7. The molecule has 190 valence electrons. The lowest BCUT2D eigenvalue weighted by molar-refractivity contribution is 0.0635. The summed E-state index contributed by atoms with van der Waals surface area (Å²) < 4.78 is 27.2. The number of aliphatic hydroxyl groups is 1. The van der Waals surface area contributed by atoms with Gasteiger partial charge in [-0.05, 0) is 52.3 Å². The maximum Gasteiger partial charge on any atom is 0.412 e. The molecule has 2 heterocycles. The molecule has 1 aliphatic rings. The van der Waals surface area contributed by atoms with Crippen molar-refractivity contribution in [1.29, 1.82) is 0 Å². The normalized spacial score (nSPS) is 17.3. The van der Waals surface area contributed by atoms with Gasteiger partial charge in [-0.3, -0.25) is 15.6 Å². The second kappa shape index (κ2) is 10.4. The minimum absolute atomic E-state index is 0.0878. The molecule has 2 aromatic rings. The molecule has 0 bridgehead atoms. The summed E-state index contributed by atoms with van der Waals surface area (Å²) in [5.41, 5.74) is -0.938. The van der Waals surface area contributed by atoms with Crippen LogP contribution in [0, 0.1) is 5.82 Å².